The molecule has 0 amide bonds. The van der Waals surface area contributed by atoms with Crippen LogP contribution in [0.4, 0.5) is 0 Å². The SMILES string of the molecule is N#Cc1ccc(C[NH+]2CCN(C(=S)NCCc3ccccc3)CC2)cc1. The first kappa shape index (κ1) is 18.4. The van der Waals surface area contributed by atoms with Gasteiger partial charge in [-0.1, -0.05) is 42.5 Å². The van der Waals surface area contributed by atoms with E-state index in [-0.39, 0.29) is 0 Å². The molecule has 0 bridgehead atoms. The van der Waals surface area contributed by atoms with Crippen LogP contribution >= 0.6 is 12.2 Å². The van der Waals surface area contributed by atoms with Crippen LogP contribution in [0.5, 0.6) is 0 Å². The number of nitriles is 1. The molecule has 1 saturated heterocycles. The highest BCUT2D eigenvalue weighted by Gasteiger charge is 2.21. The van der Waals surface area contributed by atoms with Crippen molar-refractivity contribution in [2.24, 2.45) is 0 Å². The summed E-state index contributed by atoms with van der Waals surface area (Å²) in [6.07, 6.45) is 0.991. The fourth-order valence-corrected chi connectivity index (χ4v) is 3.54. The number of thiocarbonyl (C=S) groups is 1. The highest BCUT2D eigenvalue weighted by Crippen LogP contribution is 2.02. The van der Waals surface area contributed by atoms with Crippen molar-refractivity contribution in [2.75, 3.05) is 32.7 Å². The zero-order valence-corrected chi connectivity index (χ0v) is 15.8. The largest absolute Gasteiger partial charge is 0.362 e. The molecule has 0 aromatic heterocycles. The zero-order valence-electron chi connectivity index (χ0n) is 14.9. The summed E-state index contributed by atoms with van der Waals surface area (Å²) in [6.45, 7) is 6.03. The number of rotatable bonds is 5. The first-order valence-corrected chi connectivity index (χ1v) is 9.55. The van der Waals surface area contributed by atoms with E-state index in [0.29, 0.717) is 0 Å². The number of piperazine rings is 1. The molecule has 0 radical (unpaired) electrons. The van der Waals surface area contributed by atoms with Crippen molar-refractivity contribution in [3.05, 3.63) is 71.3 Å². The van der Waals surface area contributed by atoms with Crippen LogP contribution < -0.4 is 10.2 Å². The van der Waals surface area contributed by atoms with Gasteiger partial charge in [0, 0.05) is 12.1 Å². The summed E-state index contributed by atoms with van der Waals surface area (Å²) in [5, 5.41) is 13.1. The quantitative estimate of drug-likeness (QED) is 0.786. The minimum atomic E-state index is 0.723. The third-order valence-corrected chi connectivity index (χ3v) is 5.23. The van der Waals surface area contributed by atoms with E-state index in [2.05, 4.69) is 52.7 Å². The smallest absolute Gasteiger partial charge is 0.169 e. The molecule has 5 heteroatoms. The van der Waals surface area contributed by atoms with E-state index in [1.54, 1.807) is 4.90 Å². The molecule has 26 heavy (non-hydrogen) atoms. The van der Waals surface area contributed by atoms with E-state index in [9.17, 15) is 0 Å². The molecule has 0 saturated carbocycles. The number of benzene rings is 2. The molecular weight excluding hydrogens is 340 g/mol. The van der Waals surface area contributed by atoms with Crippen LogP contribution in [0, 0.1) is 11.3 Å². The average molecular weight is 366 g/mol. The lowest BCUT2D eigenvalue weighted by atomic mass is 10.1. The summed E-state index contributed by atoms with van der Waals surface area (Å²) < 4.78 is 0. The van der Waals surface area contributed by atoms with Gasteiger partial charge in [-0.05, 0) is 36.3 Å². The van der Waals surface area contributed by atoms with Crippen LogP contribution in [-0.2, 0) is 13.0 Å². The molecule has 0 unspecified atom stereocenters. The highest BCUT2D eigenvalue weighted by molar-refractivity contribution is 7.80. The van der Waals surface area contributed by atoms with Crippen LogP contribution in [0.1, 0.15) is 16.7 Å². The molecule has 2 aromatic rings. The number of nitrogens with one attached hydrogen (secondary N) is 2. The molecule has 1 fully saturated rings. The van der Waals surface area contributed by atoms with Crippen molar-refractivity contribution < 1.29 is 4.90 Å². The molecule has 1 aliphatic heterocycles. The summed E-state index contributed by atoms with van der Waals surface area (Å²) in [5.41, 5.74) is 3.34. The van der Waals surface area contributed by atoms with Gasteiger partial charge in [-0.25, -0.2) is 0 Å². The van der Waals surface area contributed by atoms with Crippen molar-refractivity contribution in [3.63, 3.8) is 0 Å². The Balaban J connectivity index is 1.38. The molecule has 2 N–H and O–H groups in total. The third-order valence-electron chi connectivity index (χ3n) is 4.83. The van der Waals surface area contributed by atoms with Gasteiger partial charge >= 0.3 is 0 Å². The Morgan fingerprint density at radius 2 is 1.73 bits per heavy atom. The summed E-state index contributed by atoms with van der Waals surface area (Å²) in [7, 11) is 0. The van der Waals surface area contributed by atoms with E-state index >= 15 is 0 Å². The van der Waals surface area contributed by atoms with E-state index < -0.39 is 0 Å². The van der Waals surface area contributed by atoms with Gasteiger partial charge in [-0.2, -0.15) is 5.26 Å². The maximum Gasteiger partial charge on any atom is 0.169 e. The second-order valence-corrected chi connectivity index (χ2v) is 7.08. The lowest BCUT2D eigenvalue weighted by molar-refractivity contribution is -0.917. The molecule has 1 heterocycles. The Morgan fingerprint density at radius 3 is 2.38 bits per heavy atom. The van der Waals surface area contributed by atoms with Crippen molar-refractivity contribution in [3.8, 4) is 6.07 Å². The van der Waals surface area contributed by atoms with Crippen molar-refractivity contribution >= 4 is 17.3 Å². The van der Waals surface area contributed by atoms with Crippen LogP contribution in [0.3, 0.4) is 0 Å². The van der Waals surface area contributed by atoms with Gasteiger partial charge in [0.1, 0.15) is 6.54 Å². The summed E-state index contributed by atoms with van der Waals surface area (Å²) >= 11 is 5.56. The molecule has 2 aromatic carbocycles. The number of hydrogen-bond donors (Lipinski definition) is 2. The fourth-order valence-electron chi connectivity index (χ4n) is 3.26. The topological polar surface area (TPSA) is 43.5 Å². The van der Waals surface area contributed by atoms with Crippen molar-refractivity contribution in [1.82, 2.24) is 10.2 Å². The second-order valence-electron chi connectivity index (χ2n) is 6.69. The van der Waals surface area contributed by atoms with E-state index in [0.717, 1.165) is 56.4 Å². The Bertz CT molecular complexity index is 744. The highest BCUT2D eigenvalue weighted by atomic mass is 32.1. The van der Waals surface area contributed by atoms with Crippen LogP contribution in [0.15, 0.2) is 54.6 Å². The molecular formula is C21H25N4S+. The third kappa shape index (κ3) is 5.29. The number of nitrogens with zero attached hydrogens (tertiary/aromatic N) is 2. The molecule has 0 spiro atoms. The molecule has 134 valence electrons. The zero-order chi connectivity index (χ0) is 18.2. The predicted octanol–water partition coefficient (Wildman–Crippen LogP) is 1.38. The minimum absolute atomic E-state index is 0.723. The molecule has 0 atom stereocenters. The van der Waals surface area contributed by atoms with Gasteiger partial charge in [0.25, 0.3) is 0 Å². The van der Waals surface area contributed by atoms with Crippen molar-refractivity contribution in [2.45, 2.75) is 13.0 Å². The molecule has 4 nitrogen and oxygen atoms in total. The fraction of sp³-hybridized carbons (Fsp3) is 0.333. The number of hydrogen-bond acceptors (Lipinski definition) is 2. The van der Waals surface area contributed by atoms with E-state index in [1.807, 2.05) is 18.2 Å². The Kier molecular flexibility index (Phi) is 6.59. The number of quaternary nitrogens is 1. The van der Waals surface area contributed by atoms with Gasteiger partial charge in [0.2, 0.25) is 0 Å². The summed E-state index contributed by atoms with van der Waals surface area (Å²) in [4.78, 5) is 3.85. The van der Waals surface area contributed by atoms with Gasteiger partial charge in [-0.15, -0.1) is 0 Å². The van der Waals surface area contributed by atoms with E-state index in [1.165, 1.54) is 11.1 Å². The average Bonchev–Trinajstić information content (AvgIpc) is 2.70. The van der Waals surface area contributed by atoms with Crippen LogP contribution in [0.2, 0.25) is 0 Å². The molecule has 1 aliphatic rings. The first-order chi connectivity index (χ1) is 12.7. The Labute approximate surface area is 161 Å². The predicted molar refractivity (Wildman–Crippen MR) is 108 cm³/mol. The van der Waals surface area contributed by atoms with Gasteiger partial charge in [0.05, 0.1) is 37.8 Å². The summed E-state index contributed by atoms with van der Waals surface area (Å²) in [5.74, 6) is 0. The Hall–Kier alpha value is -2.42. The standard InChI is InChI=1S/C21H24N4S/c22-16-19-6-8-20(9-7-19)17-24-12-14-25(15-13-24)21(26)23-11-10-18-4-2-1-3-5-18/h1-9H,10-15,17H2,(H,23,26)/p+1. The normalized spacial score (nSPS) is 14.7. The first-order valence-electron chi connectivity index (χ1n) is 9.14. The molecule has 3 rings (SSSR count). The van der Waals surface area contributed by atoms with Gasteiger partial charge in [0.15, 0.2) is 5.11 Å². The monoisotopic (exact) mass is 365 g/mol. The van der Waals surface area contributed by atoms with Gasteiger partial charge < -0.3 is 15.1 Å². The Morgan fingerprint density at radius 1 is 1.04 bits per heavy atom. The second kappa shape index (κ2) is 9.33. The molecule has 0 aliphatic carbocycles. The lowest BCUT2D eigenvalue weighted by Crippen LogP contribution is -3.13. The van der Waals surface area contributed by atoms with E-state index in [4.69, 9.17) is 17.5 Å². The van der Waals surface area contributed by atoms with Crippen LogP contribution in [0.25, 0.3) is 0 Å². The van der Waals surface area contributed by atoms with Crippen LogP contribution in [-0.4, -0.2) is 42.7 Å². The summed E-state index contributed by atoms with van der Waals surface area (Å²) in [6, 6.07) is 20.6. The van der Waals surface area contributed by atoms with Crippen molar-refractivity contribution in [1.29, 1.82) is 5.26 Å². The maximum atomic E-state index is 8.88. The lowest BCUT2D eigenvalue weighted by Gasteiger charge is -2.34. The van der Waals surface area contributed by atoms with Gasteiger partial charge in [-0.3, -0.25) is 0 Å². The minimum Gasteiger partial charge on any atom is -0.362 e. The maximum absolute atomic E-state index is 8.88.